The summed E-state index contributed by atoms with van der Waals surface area (Å²) in [5, 5.41) is 2.64. The van der Waals surface area contributed by atoms with Crippen LogP contribution in [0.4, 0.5) is 4.39 Å². The number of nitrogens with zero attached hydrogens (tertiary/aromatic N) is 1. The minimum Gasteiger partial charge on any atom is -0.367 e. The van der Waals surface area contributed by atoms with Crippen LogP contribution < -0.4 is 11.1 Å². The second kappa shape index (κ2) is 9.01. The van der Waals surface area contributed by atoms with Gasteiger partial charge in [-0.3, -0.25) is 14.4 Å². The first-order valence-corrected chi connectivity index (χ1v) is 9.10. The topological polar surface area (TPSA) is 108 Å². The summed E-state index contributed by atoms with van der Waals surface area (Å²) < 4.78 is 14.2. The van der Waals surface area contributed by atoms with Crippen LogP contribution in [0.3, 0.4) is 0 Å². The molecule has 0 aliphatic carbocycles. The van der Waals surface area contributed by atoms with Crippen LogP contribution in [0.5, 0.6) is 0 Å². The number of amides is 3. The van der Waals surface area contributed by atoms with Crippen LogP contribution in [-0.4, -0.2) is 47.2 Å². The van der Waals surface area contributed by atoms with E-state index in [1.165, 1.54) is 24.3 Å². The standard InChI is InChI=1S/C21H21FN4O3/c22-19-16(20(23)28)2-1-3-17(19)21(29)25-13-15-7-10-26(11-8-15)18(27)5-4-14-6-9-24-12-14/h1-7,9,12,24H,8,10-11,13H2,(H2,23,28)(H,25,29)/b5-4+. The minimum absolute atomic E-state index is 0.0872. The molecular formula is C21H21FN4O3. The molecule has 0 saturated carbocycles. The van der Waals surface area contributed by atoms with E-state index >= 15 is 0 Å². The molecule has 3 amide bonds. The van der Waals surface area contributed by atoms with Crippen molar-refractivity contribution < 1.29 is 18.8 Å². The van der Waals surface area contributed by atoms with E-state index in [1.807, 2.05) is 12.1 Å². The molecule has 0 atom stereocenters. The van der Waals surface area contributed by atoms with Crippen molar-refractivity contribution >= 4 is 23.8 Å². The Kier molecular flexibility index (Phi) is 6.23. The normalized spacial score (nSPS) is 14.0. The van der Waals surface area contributed by atoms with Crippen LogP contribution in [0.15, 0.2) is 54.4 Å². The monoisotopic (exact) mass is 396 g/mol. The lowest BCUT2D eigenvalue weighted by atomic mass is 10.1. The molecule has 4 N–H and O–H groups in total. The summed E-state index contributed by atoms with van der Waals surface area (Å²) in [5.41, 5.74) is 6.41. The predicted octanol–water partition coefficient (Wildman–Crippen LogP) is 1.85. The Morgan fingerprint density at radius 2 is 2.03 bits per heavy atom. The Balaban J connectivity index is 1.53. The van der Waals surface area contributed by atoms with Crippen molar-refractivity contribution in [3.63, 3.8) is 0 Å². The molecule has 1 aromatic heterocycles. The molecule has 8 heteroatoms. The third-order valence-electron chi connectivity index (χ3n) is 4.64. The Morgan fingerprint density at radius 3 is 2.69 bits per heavy atom. The van der Waals surface area contributed by atoms with E-state index in [-0.39, 0.29) is 23.6 Å². The van der Waals surface area contributed by atoms with Gasteiger partial charge < -0.3 is 20.9 Å². The average Bonchev–Trinajstić information content (AvgIpc) is 3.24. The molecule has 2 heterocycles. The van der Waals surface area contributed by atoms with Gasteiger partial charge in [-0.2, -0.15) is 0 Å². The quantitative estimate of drug-likeness (QED) is 0.512. The summed E-state index contributed by atoms with van der Waals surface area (Å²) in [6, 6.07) is 5.79. The molecule has 0 unspecified atom stereocenters. The number of hydrogen-bond donors (Lipinski definition) is 3. The summed E-state index contributed by atoms with van der Waals surface area (Å²) in [6.45, 7) is 1.21. The zero-order chi connectivity index (χ0) is 20.8. The predicted molar refractivity (Wildman–Crippen MR) is 106 cm³/mol. The molecule has 0 bridgehead atoms. The number of nitrogens with one attached hydrogen (secondary N) is 2. The van der Waals surface area contributed by atoms with Gasteiger partial charge in [0.2, 0.25) is 5.91 Å². The van der Waals surface area contributed by atoms with Gasteiger partial charge in [0.1, 0.15) is 5.82 Å². The van der Waals surface area contributed by atoms with Gasteiger partial charge >= 0.3 is 0 Å². The zero-order valence-electron chi connectivity index (χ0n) is 15.7. The molecule has 0 radical (unpaired) electrons. The third-order valence-corrected chi connectivity index (χ3v) is 4.64. The van der Waals surface area contributed by atoms with Crippen LogP contribution in [0.2, 0.25) is 0 Å². The molecule has 0 saturated heterocycles. The Labute approximate surface area is 167 Å². The van der Waals surface area contributed by atoms with E-state index < -0.39 is 17.6 Å². The van der Waals surface area contributed by atoms with E-state index in [9.17, 15) is 18.8 Å². The largest absolute Gasteiger partial charge is 0.367 e. The summed E-state index contributed by atoms with van der Waals surface area (Å²) in [4.78, 5) is 40.3. The van der Waals surface area contributed by atoms with Gasteiger partial charge in [-0.1, -0.05) is 17.7 Å². The maximum atomic E-state index is 14.2. The number of benzene rings is 1. The van der Waals surface area contributed by atoms with Gasteiger partial charge in [-0.15, -0.1) is 0 Å². The number of halogens is 1. The van der Waals surface area contributed by atoms with Gasteiger partial charge in [-0.05, 0) is 36.3 Å². The Bertz CT molecular complexity index is 980. The van der Waals surface area contributed by atoms with Gasteiger partial charge in [0.15, 0.2) is 0 Å². The highest BCUT2D eigenvalue weighted by atomic mass is 19.1. The van der Waals surface area contributed by atoms with Crippen molar-refractivity contribution in [3.8, 4) is 0 Å². The molecular weight excluding hydrogens is 375 g/mol. The van der Waals surface area contributed by atoms with Crippen LogP contribution >= 0.6 is 0 Å². The van der Waals surface area contributed by atoms with E-state index in [0.717, 1.165) is 11.1 Å². The van der Waals surface area contributed by atoms with Crippen molar-refractivity contribution in [2.24, 2.45) is 5.73 Å². The van der Waals surface area contributed by atoms with Crippen LogP contribution in [0.25, 0.3) is 6.08 Å². The lowest BCUT2D eigenvalue weighted by Gasteiger charge is -2.25. The van der Waals surface area contributed by atoms with Crippen molar-refractivity contribution in [1.29, 1.82) is 0 Å². The molecule has 0 spiro atoms. The van der Waals surface area contributed by atoms with E-state index in [4.69, 9.17) is 5.73 Å². The summed E-state index contributed by atoms with van der Waals surface area (Å²) >= 11 is 0. The Hall–Kier alpha value is -3.68. The maximum Gasteiger partial charge on any atom is 0.254 e. The molecule has 7 nitrogen and oxygen atoms in total. The highest BCUT2D eigenvalue weighted by Crippen LogP contribution is 2.14. The average molecular weight is 396 g/mol. The lowest BCUT2D eigenvalue weighted by Crippen LogP contribution is -2.36. The number of carbonyl (C=O) groups excluding carboxylic acids is 3. The highest BCUT2D eigenvalue weighted by Gasteiger charge is 2.19. The third kappa shape index (κ3) is 4.98. The summed E-state index contributed by atoms with van der Waals surface area (Å²) in [7, 11) is 0. The molecule has 2 aromatic rings. The van der Waals surface area contributed by atoms with Crippen LogP contribution in [-0.2, 0) is 4.79 Å². The van der Waals surface area contributed by atoms with Crippen LogP contribution in [0.1, 0.15) is 32.7 Å². The van der Waals surface area contributed by atoms with Crippen molar-refractivity contribution in [1.82, 2.24) is 15.2 Å². The first-order chi connectivity index (χ1) is 14.0. The number of nitrogens with two attached hydrogens (primary N) is 1. The smallest absolute Gasteiger partial charge is 0.254 e. The van der Waals surface area contributed by atoms with Crippen molar-refractivity contribution in [3.05, 3.63) is 76.9 Å². The SMILES string of the molecule is NC(=O)c1cccc(C(=O)NCC2=CCN(C(=O)/C=C/c3cc[nH]c3)CC2)c1F. The first-order valence-electron chi connectivity index (χ1n) is 9.10. The van der Waals surface area contributed by atoms with E-state index in [0.29, 0.717) is 19.5 Å². The van der Waals surface area contributed by atoms with Crippen molar-refractivity contribution in [2.45, 2.75) is 6.42 Å². The van der Waals surface area contributed by atoms with Gasteiger partial charge in [-0.25, -0.2) is 4.39 Å². The second-order valence-corrected chi connectivity index (χ2v) is 6.59. The van der Waals surface area contributed by atoms with Gasteiger partial charge in [0.25, 0.3) is 11.8 Å². The molecule has 29 heavy (non-hydrogen) atoms. The molecule has 0 fully saturated rings. The fourth-order valence-corrected chi connectivity index (χ4v) is 2.97. The number of aromatic nitrogens is 1. The number of H-pyrrole nitrogens is 1. The zero-order valence-corrected chi connectivity index (χ0v) is 15.7. The first kappa shape index (κ1) is 20.1. The molecule has 150 valence electrons. The van der Waals surface area contributed by atoms with Gasteiger partial charge in [0, 0.05) is 38.1 Å². The highest BCUT2D eigenvalue weighted by molar-refractivity contribution is 5.99. The molecule has 1 aromatic carbocycles. The Morgan fingerprint density at radius 1 is 1.24 bits per heavy atom. The second-order valence-electron chi connectivity index (χ2n) is 6.59. The fourth-order valence-electron chi connectivity index (χ4n) is 2.97. The van der Waals surface area contributed by atoms with Gasteiger partial charge in [0.05, 0.1) is 11.1 Å². The summed E-state index contributed by atoms with van der Waals surface area (Å²) in [5.74, 6) is -2.57. The number of primary amides is 1. The van der Waals surface area contributed by atoms with E-state index in [1.54, 1.807) is 23.4 Å². The number of hydrogen-bond acceptors (Lipinski definition) is 3. The van der Waals surface area contributed by atoms with E-state index in [2.05, 4.69) is 10.3 Å². The number of aromatic amines is 1. The minimum atomic E-state index is -0.930. The van der Waals surface area contributed by atoms with Crippen LogP contribution in [0, 0.1) is 5.82 Å². The number of carbonyl (C=O) groups is 3. The summed E-state index contributed by atoms with van der Waals surface area (Å²) in [6.07, 6.45) is 9.33. The lowest BCUT2D eigenvalue weighted by molar-refractivity contribution is -0.125. The number of rotatable bonds is 6. The molecule has 1 aliphatic rings. The fraction of sp³-hybridized carbons (Fsp3) is 0.190. The maximum absolute atomic E-state index is 14.2. The molecule has 3 rings (SSSR count). The van der Waals surface area contributed by atoms with Crippen molar-refractivity contribution in [2.75, 3.05) is 19.6 Å². The molecule has 1 aliphatic heterocycles.